The lowest BCUT2D eigenvalue weighted by Crippen LogP contribution is -2.20. The summed E-state index contributed by atoms with van der Waals surface area (Å²) >= 11 is 6.71. The summed E-state index contributed by atoms with van der Waals surface area (Å²) in [6.07, 6.45) is 7.20. The average molecular weight is 502 g/mol. The second-order valence-corrected chi connectivity index (χ2v) is 10.8. The van der Waals surface area contributed by atoms with Crippen LogP contribution in [0, 0.1) is 23.7 Å². The van der Waals surface area contributed by atoms with E-state index in [1.165, 1.54) is 6.20 Å². The van der Waals surface area contributed by atoms with E-state index in [0.717, 1.165) is 12.8 Å². The van der Waals surface area contributed by atoms with Gasteiger partial charge in [0.05, 0.1) is 41.4 Å². The van der Waals surface area contributed by atoms with Crippen molar-refractivity contribution >= 4 is 33.9 Å². The van der Waals surface area contributed by atoms with E-state index in [-0.39, 0.29) is 5.41 Å². The van der Waals surface area contributed by atoms with Crippen LogP contribution < -0.4 is 10.6 Å². The fourth-order valence-corrected chi connectivity index (χ4v) is 4.30. The molecule has 1 saturated carbocycles. The number of nitrogens with one attached hydrogen (secondary N) is 2. The summed E-state index contributed by atoms with van der Waals surface area (Å²) in [6.45, 7) is 8.88. The van der Waals surface area contributed by atoms with Gasteiger partial charge in [-0.2, -0.15) is 5.26 Å². The summed E-state index contributed by atoms with van der Waals surface area (Å²) in [5.74, 6) is 0. The van der Waals surface area contributed by atoms with Crippen LogP contribution >= 0.6 is 11.6 Å². The first kappa shape index (κ1) is 22.7. The predicted octanol–water partition coefficient (Wildman–Crippen LogP) is 6.05. The van der Waals surface area contributed by atoms with Crippen LogP contribution in [0.1, 0.15) is 69.6 Å². The molecule has 0 spiro atoms. The van der Waals surface area contributed by atoms with Gasteiger partial charge in [0, 0.05) is 41.3 Å². The van der Waals surface area contributed by atoms with Gasteiger partial charge in [-0.3, -0.25) is 9.97 Å². The lowest BCUT2D eigenvalue weighted by Gasteiger charge is -2.22. The van der Waals surface area contributed by atoms with E-state index >= 15 is 0 Å². The molecule has 1 aliphatic carbocycles. The number of fused-ring (bicyclic) bond motifs is 1. The van der Waals surface area contributed by atoms with Gasteiger partial charge in [-0.25, -0.2) is 4.68 Å². The van der Waals surface area contributed by atoms with Crippen molar-refractivity contribution in [1.29, 1.82) is 5.26 Å². The molecule has 4 aromatic rings. The third kappa shape index (κ3) is 4.98. The molecule has 3 aromatic heterocycles. The predicted molar refractivity (Wildman–Crippen MR) is 142 cm³/mol. The van der Waals surface area contributed by atoms with Crippen molar-refractivity contribution in [3.8, 4) is 6.07 Å². The van der Waals surface area contributed by atoms with Crippen LogP contribution in [-0.4, -0.2) is 31.5 Å². The molecule has 0 saturated heterocycles. The molecule has 1 aromatic carbocycles. The van der Waals surface area contributed by atoms with Crippen molar-refractivity contribution in [2.24, 2.45) is 5.41 Å². The molecule has 1 atom stereocenters. The Morgan fingerprint density at radius 2 is 2.11 bits per heavy atom. The zero-order chi connectivity index (χ0) is 26.4. The van der Waals surface area contributed by atoms with E-state index in [0.29, 0.717) is 62.4 Å². The Bertz CT molecular complexity index is 1520. The number of rotatable bonds is 7. The van der Waals surface area contributed by atoms with Gasteiger partial charge >= 0.3 is 0 Å². The molecule has 0 radical (unpaired) electrons. The van der Waals surface area contributed by atoms with Crippen LogP contribution in [0.2, 0.25) is 5.02 Å². The molecule has 1 unspecified atom stereocenters. The first-order valence-electron chi connectivity index (χ1n) is 12.5. The van der Waals surface area contributed by atoms with Crippen molar-refractivity contribution in [1.82, 2.24) is 25.0 Å². The molecule has 0 bridgehead atoms. The topological polar surface area (TPSA) is 104 Å². The molecule has 8 nitrogen and oxygen atoms in total. The lowest BCUT2D eigenvalue weighted by molar-refractivity contribution is 0.443. The first-order chi connectivity index (χ1) is 17.6. The van der Waals surface area contributed by atoms with E-state index in [1.54, 1.807) is 12.3 Å². The molecule has 1 aliphatic rings. The third-order valence-electron chi connectivity index (χ3n) is 6.07. The van der Waals surface area contributed by atoms with Gasteiger partial charge in [-0.05, 0) is 43.4 Å². The standard InChI is InChI=1S/C27H29ClN8/c1-16-20(6-5-9-30-16)26(23-14-36(35-34-23)19-7-8-19)33-18-10-21-24(32-15-27(2,3)4)17(12-29)13-31-25(21)22(28)11-18/h5-6,9-11,13-14,19,26,33H,7-8,15H2,1-4H3,(H,31,32)/i26D. The van der Waals surface area contributed by atoms with Crippen molar-refractivity contribution in [3.63, 3.8) is 0 Å². The second-order valence-electron chi connectivity index (χ2n) is 10.4. The molecule has 5 rings (SSSR count). The molecule has 3 heterocycles. The number of nitrogens with zero attached hydrogens (tertiary/aromatic N) is 6. The molecule has 2 N–H and O–H groups in total. The molecular formula is C27H29ClN8. The van der Waals surface area contributed by atoms with Crippen LogP contribution in [0.15, 0.2) is 42.9 Å². The smallest absolute Gasteiger partial charge is 0.110 e. The Kier molecular flexibility index (Phi) is 5.94. The van der Waals surface area contributed by atoms with Crippen LogP contribution in [0.25, 0.3) is 10.9 Å². The lowest BCUT2D eigenvalue weighted by atomic mass is 9.96. The minimum atomic E-state index is -1.48. The molecule has 0 amide bonds. The highest BCUT2D eigenvalue weighted by atomic mass is 35.5. The summed E-state index contributed by atoms with van der Waals surface area (Å²) in [6, 6.07) is 8.39. The minimum absolute atomic E-state index is 0.0104. The van der Waals surface area contributed by atoms with Gasteiger partial charge in [0.15, 0.2) is 0 Å². The number of benzene rings is 1. The normalized spacial score (nSPS) is 15.7. The number of hydrogen-bond acceptors (Lipinski definition) is 7. The van der Waals surface area contributed by atoms with Gasteiger partial charge in [-0.15, -0.1) is 5.10 Å². The Hall–Kier alpha value is -3.70. The van der Waals surface area contributed by atoms with Crippen molar-refractivity contribution in [2.45, 2.75) is 52.6 Å². The van der Waals surface area contributed by atoms with E-state index < -0.39 is 6.02 Å². The number of hydrogen-bond donors (Lipinski definition) is 2. The van der Waals surface area contributed by atoms with Crippen LogP contribution in [0.5, 0.6) is 0 Å². The number of aromatic nitrogens is 5. The number of aryl methyl sites for hydroxylation is 1. The highest BCUT2D eigenvalue weighted by Gasteiger charge is 2.28. The quantitative estimate of drug-likeness (QED) is 0.317. The molecule has 36 heavy (non-hydrogen) atoms. The number of anilines is 2. The van der Waals surface area contributed by atoms with E-state index in [2.05, 4.69) is 57.8 Å². The monoisotopic (exact) mass is 501 g/mol. The van der Waals surface area contributed by atoms with E-state index in [9.17, 15) is 6.63 Å². The van der Waals surface area contributed by atoms with Crippen LogP contribution in [-0.2, 0) is 0 Å². The molecule has 0 aliphatic heterocycles. The Morgan fingerprint density at radius 1 is 1.31 bits per heavy atom. The highest BCUT2D eigenvalue weighted by molar-refractivity contribution is 6.35. The number of pyridine rings is 2. The van der Waals surface area contributed by atoms with Crippen molar-refractivity contribution < 1.29 is 1.37 Å². The van der Waals surface area contributed by atoms with Crippen LogP contribution in [0.3, 0.4) is 0 Å². The maximum atomic E-state index is 9.78. The molecule has 9 heteroatoms. The first-order valence-corrected chi connectivity index (χ1v) is 12.4. The van der Waals surface area contributed by atoms with Gasteiger partial charge < -0.3 is 10.6 Å². The van der Waals surface area contributed by atoms with Gasteiger partial charge in [0.25, 0.3) is 0 Å². The Morgan fingerprint density at radius 3 is 2.81 bits per heavy atom. The fourth-order valence-electron chi connectivity index (χ4n) is 4.03. The Balaban J connectivity index is 1.64. The molecular weight excluding hydrogens is 472 g/mol. The van der Waals surface area contributed by atoms with Crippen LogP contribution in [0.4, 0.5) is 11.4 Å². The number of nitriles is 1. The highest BCUT2D eigenvalue weighted by Crippen LogP contribution is 2.37. The summed E-state index contributed by atoms with van der Waals surface area (Å²) < 4.78 is 11.5. The van der Waals surface area contributed by atoms with E-state index in [1.807, 2.05) is 36.0 Å². The largest absolute Gasteiger partial charge is 0.383 e. The molecule has 1 fully saturated rings. The van der Waals surface area contributed by atoms with Crippen molar-refractivity contribution in [2.75, 3.05) is 17.2 Å². The second kappa shape index (κ2) is 9.40. The van der Waals surface area contributed by atoms with Gasteiger partial charge in [0.1, 0.15) is 11.8 Å². The number of halogens is 1. The Labute approximate surface area is 217 Å². The minimum Gasteiger partial charge on any atom is -0.383 e. The third-order valence-corrected chi connectivity index (χ3v) is 6.36. The maximum Gasteiger partial charge on any atom is 0.110 e. The zero-order valence-corrected chi connectivity index (χ0v) is 21.6. The van der Waals surface area contributed by atoms with E-state index in [4.69, 9.17) is 11.6 Å². The molecule has 184 valence electrons. The zero-order valence-electron chi connectivity index (χ0n) is 21.8. The maximum absolute atomic E-state index is 9.78. The van der Waals surface area contributed by atoms with Gasteiger partial charge in [-0.1, -0.05) is 43.7 Å². The summed E-state index contributed by atoms with van der Waals surface area (Å²) in [7, 11) is 0. The summed E-state index contributed by atoms with van der Waals surface area (Å²) in [5, 5.41) is 26.4. The SMILES string of the molecule is [2H]C(Nc1cc(Cl)c2ncc(C#N)c(NCC(C)(C)C)c2c1)(c1cn(C2CC2)nn1)c1cccnc1C. The summed E-state index contributed by atoms with van der Waals surface area (Å²) in [5.41, 5.74) is 4.08. The van der Waals surface area contributed by atoms with Gasteiger partial charge in [0.2, 0.25) is 0 Å². The fraction of sp³-hybridized carbons (Fsp3) is 0.370. The average Bonchev–Trinajstić information content (AvgIpc) is 3.57. The van der Waals surface area contributed by atoms with Crippen molar-refractivity contribution in [3.05, 3.63) is 70.4 Å². The summed E-state index contributed by atoms with van der Waals surface area (Å²) in [4.78, 5) is 8.87.